The average molecular weight is 410 g/mol. The van der Waals surface area contributed by atoms with Crippen LogP contribution in [0.25, 0.3) is 0 Å². The van der Waals surface area contributed by atoms with Crippen LogP contribution in [0, 0.1) is 5.92 Å². The number of benzene rings is 1. The highest BCUT2D eigenvalue weighted by Gasteiger charge is 2.34. The van der Waals surface area contributed by atoms with Crippen molar-refractivity contribution >= 4 is 11.9 Å². The molecule has 1 aromatic heterocycles. The molecule has 6 nitrogen and oxygen atoms in total. The van der Waals surface area contributed by atoms with Crippen LogP contribution in [0.4, 0.5) is 0 Å². The zero-order valence-electron chi connectivity index (χ0n) is 17.7. The van der Waals surface area contributed by atoms with Gasteiger partial charge in [-0.15, -0.1) is 0 Å². The van der Waals surface area contributed by atoms with Gasteiger partial charge in [0, 0.05) is 17.3 Å². The molecule has 1 amide bonds. The fourth-order valence-electron chi connectivity index (χ4n) is 4.81. The van der Waals surface area contributed by atoms with Crippen molar-refractivity contribution in [1.82, 2.24) is 15.1 Å². The standard InChI is InChI=1S/C24H31N3O3/c1-2-30-24(29)18-12-6-8-14-20(18)25-23(28)22-19-13-7-9-15-21(19)27(26-22)16-17-10-4-3-5-11-17/h3-5,10-11,18,20H,2,6-9,12-16H2,1H3,(H,25,28)/t18-,20-/m1/s1. The van der Waals surface area contributed by atoms with Gasteiger partial charge in [-0.25, -0.2) is 0 Å². The predicted molar refractivity (Wildman–Crippen MR) is 114 cm³/mol. The van der Waals surface area contributed by atoms with Crippen LogP contribution in [0.3, 0.4) is 0 Å². The number of rotatable bonds is 6. The summed E-state index contributed by atoms with van der Waals surface area (Å²) >= 11 is 0. The maximum Gasteiger partial charge on any atom is 0.311 e. The average Bonchev–Trinajstić information content (AvgIpc) is 3.14. The third kappa shape index (κ3) is 4.42. The van der Waals surface area contributed by atoms with E-state index in [1.807, 2.05) is 29.8 Å². The molecule has 1 aromatic carbocycles. The highest BCUT2D eigenvalue weighted by atomic mass is 16.5. The molecular formula is C24H31N3O3. The topological polar surface area (TPSA) is 73.2 Å². The summed E-state index contributed by atoms with van der Waals surface area (Å²) in [6.07, 6.45) is 7.64. The van der Waals surface area contributed by atoms with Gasteiger partial charge < -0.3 is 10.1 Å². The summed E-state index contributed by atoms with van der Waals surface area (Å²) in [7, 11) is 0. The first-order valence-corrected chi connectivity index (χ1v) is 11.3. The minimum absolute atomic E-state index is 0.152. The highest BCUT2D eigenvalue weighted by molar-refractivity contribution is 5.94. The zero-order chi connectivity index (χ0) is 20.9. The molecule has 1 saturated carbocycles. The minimum atomic E-state index is -0.259. The zero-order valence-corrected chi connectivity index (χ0v) is 17.7. The van der Waals surface area contributed by atoms with E-state index in [2.05, 4.69) is 17.4 Å². The van der Waals surface area contributed by atoms with Gasteiger partial charge in [-0.05, 0) is 51.0 Å². The molecule has 1 fully saturated rings. The van der Waals surface area contributed by atoms with Crippen LogP contribution >= 0.6 is 0 Å². The SMILES string of the molecule is CCOC(=O)[C@@H]1CCCC[C@H]1NC(=O)c1nn(Cc2ccccc2)c2c1CCCC2. The third-order valence-corrected chi connectivity index (χ3v) is 6.32. The summed E-state index contributed by atoms with van der Waals surface area (Å²) in [6, 6.07) is 10.1. The third-order valence-electron chi connectivity index (χ3n) is 6.32. The molecule has 6 heteroatoms. The van der Waals surface area contributed by atoms with E-state index >= 15 is 0 Å². The second kappa shape index (κ2) is 9.45. The fraction of sp³-hybridized carbons (Fsp3) is 0.542. The van der Waals surface area contributed by atoms with Gasteiger partial charge in [0.2, 0.25) is 0 Å². The van der Waals surface area contributed by atoms with Gasteiger partial charge in [-0.3, -0.25) is 14.3 Å². The lowest BCUT2D eigenvalue weighted by Gasteiger charge is -2.30. The van der Waals surface area contributed by atoms with E-state index in [-0.39, 0.29) is 23.8 Å². The lowest BCUT2D eigenvalue weighted by Crippen LogP contribution is -2.46. The number of carbonyl (C=O) groups excluding carboxylic acids is 2. The molecule has 2 aromatic rings. The van der Waals surface area contributed by atoms with Crippen molar-refractivity contribution in [2.24, 2.45) is 5.92 Å². The highest BCUT2D eigenvalue weighted by Crippen LogP contribution is 2.28. The maximum absolute atomic E-state index is 13.2. The predicted octanol–water partition coefficient (Wildman–Crippen LogP) is 3.66. The number of hydrogen-bond acceptors (Lipinski definition) is 4. The smallest absolute Gasteiger partial charge is 0.311 e. The van der Waals surface area contributed by atoms with Crippen LogP contribution in [-0.2, 0) is 28.9 Å². The first-order valence-electron chi connectivity index (χ1n) is 11.3. The molecule has 0 unspecified atom stereocenters. The van der Waals surface area contributed by atoms with E-state index in [9.17, 15) is 9.59 Å². The number of amides is 1. The Morgan fingerprint density at radius 1 is 1.10 bits per heavy atom. The lowest BCUT2D eigenvalue weighted by atomic mass is 9.84. The van der Waals surface area contributed by atoms with Crippen LogP contribution < -0.4 is 5.32 Å². The number of aromatic nitrogens is 2. The van der Waals surface area contributed by atoms with Gasteiger partial charge in [0.15, 0.2) is 5.69 Å². The summed E-state index contributed by atoms with van der Waals surface area (Å²) in [6.45, 7) is 2.86. The molecule has 0 bridgehead atoms. The number of nitrogens with one attached hydrogen (secondary N) is 1. The Hall–Kier alpha value is -2.63. The molecule has 4 rings (SSSR count). The molecule has 1 N–H and O–H groups in total. The summed E-state index contributed by atoms with van der Waals surface area (Å²) in [5, 5.41) is 7.88. The van der Waals surface area contributed by atoms with Crippen LogP contribution in [0.2, 0.25) is 0 Å². The van der Waals surface area contributed by atoms with Crippen molar-refractivity contribution in [1.29, 1.82) is 0 Å². The summed E-state index contributed by atoms with van der Waals surface area (Å²) in [5.74, 6) is -0.606. The first-order chi connectivity index (χ1) is 14.7. The van der Waals surface area contributed by atoms with Crippen molar-refractivity contribution in [2.75, 3.05) is 6.61 Å². The molecule has 30 heavy (non-hydrogen) atoms. The second-order valence-electron chi connectivity index (χ2n) is 8.35. The monoisotopic (exact) mass is 409 g/mol. The number of ether oxygens (including phenoxy) is 1. The quantitative estimate of drug-likeness (QED) is 0.739. The van der Waals surface area contributed by atoms with Crippen LogP contribution in [-0.4, -0.2) is 34.3 Å². The Labute approximate surface area is 178 Å². The van der Waals surface area contributed by atoms with Crippen molar-refractivity contribution in [3.63, 3.8) is 0 Å². The van der Waals surface area contributed by atoms with E-state index in [0.717, 1.165) is 56.9 Å². The molecular weight excluding hydrogens is 378 g/mol. The molecule has 2 atom stereocenters. The Bertz CT molecular complexity index is 891. The minimum Gasteiger partial charge on any atom is -0.466 e. The van der Waals surface area contributed by atoms with Crippen molar-refractivity contribution in [3.05, 3.63) is 52.8 Å². The number of carbonyl (C=O) groups is 2. The van der Waals surface area contributed by atoms with Crippen LogP contribution in [0.1, 0.15) is 72.8 Å². The Balaban J connectivity index is 1.55. The van der Waals surface area contributed by atoms with Gasteiger partial charge >= 0.3 is 5.97 Å². The molecule has 2 aliphatic carbocycles. The molecule has 1 heterocycles. The molecule has 0 aliphatic heterocycles. The van der Waals surface area contributed by atoms with E-state index in [1.165, 1.54) is 11.3 Å². The van der Waals surface area contributed by atoms with E-state index in [1.54, 1.807) is 0 Å². The lowest BCUT2D eigenvalue weighted by molar-refractivity contribution is -0.150. The van der Waals surface area contributed by atoms with Crippen molar-refractivity contribution < 1.29 is 14.3 Å². The maximum atomic E-state index is 13.2. The van der Waals surface area contributed by atoms with E-state index in [0.29, 0.717) is 18.8 Å². The first kappa shape index (κ1) is 20.6. The Kier molecular flexibility index (Phi) is 6.50. The van der Waals surface area contributed by atoms with Gasteiger partial charge in [-0.1, -0.05) is 43.2 Å². The van der Waals surface area contributed by atoms with Gasteiger partial charge in [0.05, 0.1) is 19.1 Å². The normalized spacial score (nSPS) is 21.0. The fourth-order valence-corrected chi connectivity index (χ4v) is 4.81. The number of esters is 1. The van der Waals surface area contributed by atoms with Gasteiger partial charge in [0.1, 0.15) is 0 Å². The molecule has 160 valence electrons. The number of nitrogens with zero attached hydrogens (tertiary/aromatic N) is 2. The molecule has 0 saturated heterocycles. The number of hydrogen-bond donors (Lipinski definition) is 1. The van der Waals surface area contributed by atoms with Gasteiger partial charge in [0.25, 0.3) is 5.91 Å². The molecule has 2 aliphatic rings. The Morgan fingerprint density at radius 2 is 1.87 bits per heavy atom. The van der Waals surface area contributed by atoms with E-state index in [4.69, 9.17) is 9.84 Å². The van der Waals surface area contributed by atoms with Crippen LogP contribution in [0.5, 0.6) is 0 Å². The van der Waals surface area contributed by atoms with Crippen molar-refractivity contribution in [2.45, 2.75) is 70.9 Å². The van der Waals surface area contributed by atoms with Crippen molar-refractivity contribution in [3.8, 4) is 0 Å². The molecule has 0 radical (unpaired) electrons. The van der Waals surface area contributed by atoms with Crippen LogP contribution in [0.15, 0.2) is 30.3 Å². The Morgan fingerprint density at radius 3 is 2.67 bits per heavy atom. The summed E-state index contributed by atoms with van der Waals surface area (Å²) in [5.41, 5.74) is 3.97. The second-order valence-corrected chi connectivity index (χ2v) is 8.35. The molecule has 0 spiro atoms. The van der Waals surface area contributed by atoms with Gasteiger partial charge in [-0.2, -0.15) is 5.10 Å². The van der Waals surface area contributed by atoms with E-state index < -0.39 is 0 Å². The summed E-state index contributed by atoms with van der Waals surface area (Å²) in [4.78, 5) is 25.6. The summed E-state index contributed by atoms with van der Waals surface area (Å²) < 4.78 is 7.25. The largest absolute Gasteiger partial charge is 0.466 e. The number of fused-ring (bicyclic) bond motifs is 1.